The van der Waals surface area contributed by atoms with Gasteiger partial charge in [0.25, 0.3) is 0 Å². The smallest absolute Gasteiger partial charge is 0.854 e. The van der Waals surface area contributed by atoms with Crippen LogP contribution in [0.15, 0.2) is 0 Å². The van der Waals surface area contributed by atoms with E-state index in [1.165, 1.54) is 231 Å². The van der Waals surface area contributed by atoms with Crippen LogP contribution in [0, 0.1) is 0 Å². The molecule has 0 radical (unpaired) electrons. The van der Waals surface area contributed by atoms with Crippen LogP contribution in [0.25, 0.3) is 0 Å². The van der Waals surface area contributed by atoms with E-state index in [0.717, 1.165) is 38.5 Å². The van der Waals surface area contributed by atoms with Crippen molar-refractivity contribution in [3.05, 3.63) is 0 Å². The molecule has 0 aromatic carbocycles. The fourth-order valence-electron chi connectivity index (χ4n) is 6.89. The summed E-state index contributed by atoms with van der Waals surface area (Å²) in [6.45, 7) is 7.19. The summed E-state index contributed by atoms with van der Waals surface area (Å²) in [5, 5.41) is 30.7. The van der Waals surface area contributed by atoms with Crippen molar-refractivity contribution in [2.75, 3.05) is 19.8 Å². The molecule has 52 heavy (non-hydrogen) atoms. The number of hydrogen-bond acceptors (Lipinski definition) is 3. The molecule has 4 heteroatoms. The van der Waals surface area contributed by atoms with Crippen molar-refractivity contribution in [2.45, 2.75) is 290 Å². The first kappa shape index (κ1) is 58.6. The first-order valence-electron chi connectivity index (χ1n) is 24.0. The molecule has 3 nitrogen and oxygen atoms in total. The maximum atomic E-state index is 10.2. The molecule has 312 valence electrons. The third-order valence-electron chi connectivity index (χ3n) is 10.5. The van der Waals surface area contributed by atoms with Gasteiger partial charge in [0.2, 0.25) is 0 Å². The monoisotopic (exact) mass is 735 g/mol. The molecule has 0 aromatic heterocycles. The first-order valence-corrected chi connectivity index (χ1v) is 24.0. The van der Waals surface area contributed by atoms with E-state index in [4.69, 9.17) is 0 Å². The predicted octanol–water partition coefficient (Wildman–Crippen LogP) is 14.1. The van der Waals surface area contributed by atoms with Crippen molar-refractivity contribution in [1.29, 1.82) is 0 Å². The zero-order valence-corrected chi connectivity index (χ0v) is 36.6. The molecular weight excluding hydrogens is 635 g/mol. The van der Waals surface area contributed by atoms with E-state index in [2.05, 4.69) is 20.8 Å². The van der Waals surface area contributed by atoms with Crippen LogP contribution < -0.4 is 15.3 Å². The molecule has 0 bridgehead atoms. The summed E-state index contributed by atoms with van der Waals surface area (Å²) in [4.78, 5) is 0. The molecule has 0 aliphatic rings. The van der Waals surface area contributed by atoms with Crippen LogP contribution in [0.1, 0.15) is 290 Å². The van der Waals surface area contributed by atoms with Crippen LogP contribution in [0.3, 0.4) is 0 Å². The Hall–Kier alpha value is -0.0551. The van der Waals surface area contributed by atoms with Gasteiger partial charge in [-0.15, -0.1) is 19.8 Å². The van der Waals surface area contributed by atoms with Gasteiger partial charge in [0.15, 0.2) is 0 Å². The van der Waals surface area contributed by atoms with Crippen molar-refractivity contribution < 1.29 is 15.3 Å². The maximum absolute atomic E-state index is 10.2. The first-order chi connectivity index (χ1) is 25.2. The topological polar surface area (TPSA) is 69.2 Å². The van der Waals surface area contributed by atoms with Gasteiger partial charge < -0.3 is 15.3 Å². The SMILES string of the molecule is CCCCCCCCCCCCCCCC[O-].CCCCCCCCCCCCCCCC[O-].CCCCCCCCCCCCCCCC[O-].[B+3]. The summed E-state index contributed by atoms with van der Waals surface area (Å²) < 4.78 is 0. The Morgan fingerprint density at radius 1 is 0.173 bits per heavy atom. The van der Waals surface area contributed by atoms with Gasteiger partial charge in [0, 0.05) is 0 Å². The minimum atomic E-state index is 0. The molecular formula is C48H99BO3. The molecule has 0 N–H and O–H groups in total. The normalized spacial score (nSPS) is 10.7. The molecule has 0 aliphatic heterocycles. The molecule has 0 amide bonds. The third kappa shape index (κ3) is 68.0. The van der Waals surface area contributed by atoms with Gasteiger partial charge in [-0.3, -0.25) is 0 Å². The molecule has 0 atom stereocenters. The molecule has 0 spiro atoms. The summed E-state index contributed by atoms with van der Waals surface area (Å²) in [5.74, 6) is 0. The van der Waals surface area contributed by atoms with Crippen LogP contribution in [0.2, 0.25) is 0 Å². The van der Waals surface area contributed by atoms with Crippen molar-refractivity contribution in [1.82, 2.24) is 0 Å². The average Bonchev–Trinajstić information content (AvgIpc) is 3.15. The van der Waals surface area contributed by atoms with Gasteiger partial charge in [0.05, 0.1) is 0 Å². The van der Waals surface area contributed by atoms with E-state index in [9.17, 15) is 15.3 Å². The molecule has 0 saturated heterocycles. The van der Waals surface area contributed by atoms with E-state index in [1.54, 1.807) is 0 Å². The second-order valence-corrected chi connectivity index (χ2v) is 15.9. The predicted molar refractivity (Wildman–Crippen MR) is 231 cm³/mol. The summed E-state index contributed by atoms with van der Waals surface area (Å²) in [7, 11) is 0. The summed E-state index contributed by atoms with van der Waals surface area (Å²) in [6, 6.07) is 0. The summed E-state index contributed by atoms with van der Waals surface area (Å²) in [5.41, 5.74) is 0. The minimum absolute atomic E-state index is 0. The Bertz CT molecular complexity index is 405. The van der Waals surface area contributed by atoms with Crippen molar-refractivity contribution in [3.8, 4) is 0 Å². The summed E-state index contributed by atoms with van der Waals surface area (Å²) >= 11 is 0. The third-order valence-corrected chi connectivity index (χ3v) is 10.5. The van der Waals surface area contributed by atoms with Crippen LogP contribution in [0.4, 0.5) is 0 Å². The van der Waals surface area contributed by atoms with E-state index in [0.29, 0.717) is 0 Å². The Balaban J connectivity index is -0.000000329. The largest absolute Gasteiger partial charge is 3.00 e. The van der Waals surface area contributed by atoms with Crippen molar-refractivity contribution in [2.24, 2.45) is 0 Å². The van der Waals surface area contributed by atoms with Crippen LogP contribution >= 0.6 is 0 Å². The molecule has 0 heterocycles. The fourth-order valence-corrected chi connectivity index (χ4v) is 6.89. The second kappa shape index (κ2) is 62.9. The Morgan fingerprint density at radius 3 is 0.365 bits per heavy atom. The quantitative estimate of drug-likeness (QED) is 0.0463. The standard InChI is InChI=1S/3C16H33O.B/c3*1-2-3-4-5-6-7-8-9-10-11-12-13-14-15-16-17;/h3*2-16H2,1H3;/q3*-1;+3. The van der Waals surface area contributed by atoms with Gasteiger partial charge in [-0.1, -0.05) is 290 Å². The Labute approximate surface area is 333 Å². The van der Waals surface area contributed by atoms with Crippen molar-refractivity contribution >= 4 is 8.41 Å². The van der Waals surface area contributed by atoms with Crippen molar-refractivity contribution in [3.63, 3.8) is 0 Å². The van der Waals surface area contributed by atoms with E-state index < -0.39 is 0 Å². The summed E-state index contributed by atoms with van der Waals surface area (Å²) in [6.07, 6.45) is 56.6. The van der Waals surface area contributed by atoms with E-state index in [1.807, 2.05) is 0 Å². The van der Waals surface area contributed by atoms with Crippen LogP contribution in [-0.4, -0.2) is 28.2 Å². The maximum Gasteiger partial charge on any atom is 3.00 e. The van der Waals surface area contributed by atoms with Gasteiger partial charge in [0.1, 0.15) is 0 Å². The Kier molecular flexibility index (Phi) is 71.0. The number of rotatable bonds is 42. The van der Waals surface area contributed by atoms with Crippen LogP contribution in [-0.2, 0) is 0 Å². The minimum Gasteiger partial charge on any atom is -0.854 e. The molecule has 0 rings (SSSR count). The van der Waals surface area contributed by atoms with Crippen LogP contribution in [0.5, 0.6) is 0 Å². The molecule has 0 saturated carbocycles. The van der Waals surface area contributed by atoms with Gasteiger partial charge in [-0.05, 0) is 0 Å². The number of unbranched alkanes of at least 4 members (excludes halogenated alkanes) is 39. The van der Waals surface area contributed by atoms with Gasteiger partial charge >= 0.3 is 8.41 Å². The zero-order valence-electron chi connectivity index (χ0n) is 36.6. The zero-order chi connectivity index (χ0) is 37.8. The van der Waals surface area contributed by atoms with Gasteiger partial charge in [-0.25, -0.2) is 0 Å². The Morgan fingerprint density at radius 2 is 0.269 bits per heavy atom. The fraction of sp³-hybridized carbons (Fsp3) is 1.00. The van der Waals surface area contributed by atoms with E-state index in [-0.39, 0.29) is 28.2 Å². The number of hydrogen-bond donors (Lipinski definition) is 0. The second-order valence-electron chi connectivity index (χ2n) is 15.9. The molecule has 0 aromatic rings. The molecule has 0 unspecified atom stereocenters. The van der Waals surface area contributed by atoms with Gasteiger partial charge in [-0.2, -0.15) is 0 Å². The average molecular weight is 735 g/mol. The molecule has 0 fully saturated rings. The van der Waals surface area contributed by atoms with E-state index >= 15 is 0 Å². The molecule has 0 aliphatic carbocycles.